The van der Waals surface area contributed by atoms with E-state index in [1.165, 1.54) is 7.11 Å². The first-order valence-corrected chi connectivity index (χ1v) is 10.1. The molecular formula is C20H20ClIN2O3. The number of hydrogen-bond acceptors (Lipinski definition) is 3. The van der Waals surface area contributed by atoms with Gasteiger partial charge < -0.3 is 15.4 Å². The molecule has 1 aliphatic carbocycles. The van der Waals surface area contributed by atoms with E-state index in [9.17, 15) is 9.59 Å². The highest BCUT2D eigenvalue weighted by molar-refractivity contribution is 14.1. The first-order chi connectivity index (χ1) is 12.9. The van der Waals surface area contributed by atoms with Crippen molar-refractivity contribution in [2.45, 2.75) is 25.8 Å². The van der Waals surface area contributed by atoms with Crippen molar-refractivity contribution < 1.29 is 14.3 Å². The summed E-state index contributed by atoms with van der Waals surface area (Å²) in [7, 11) is 1.52. The van der Waals surface area contributed by atoms with E-state index in [0.29, 0.717) is 16.3 Å². The van der Waals surface area contributed by atoms with E-state index in [-0.39, 0.29) is 23.8 Å². The average Bonchev–Trinajstić information content (AvgIpc) is 3.49. The Labute approximate surface area is 177 Å². The van der Waals surface area contributed by atoms with Crippen molar-refractivity contribution in [3.05, 3.63) is 56.1 Å². The minimum absolute atomic E-state index is 0.0757. The van der Waals surface area contributed by atoms with E-state index < -0.39 is 0 Å². The van der Waals surface area contributed by atoms with Crippen LogP contribution in [0.25, 0.3) is 0 Å². The van der Waals surface area contributed by atoms with Gasteiger partial charge in [0.25, 0.3) is 5.91 Å². The van der Waals surface area contributed by atoms with Crippen LogP contribution in [0.3, 0.4) is 0 Å². The van der Waals surface area contributed by atoms with Crippen molar-refractivity contribution >= 4 is 51.7 Å². The quantitative estimate of drug-likeness (QED) is 0.563. The minimum atomic E-state index is -0.260. The van der Waals surface area contributed by atoms with Crippen molar-refractivity contribution in [2.75, 3.05) is 12.4 Å². The third kappa shape index (κ3) is 4.93. The predicted octanol–water partition coefficient (Wildman–Crippen LogP) is 4.79. The number of methoxy groups -OCH3 is 1. The van der Waals surface area contributed by atoms with Crippen LogP contribution in [0, 0.1) is 9.49 Å². The number of amides is 2. The molecule has 0 aromatic heterocycles. The highest BCUT2D eigenvalue weighted by Gasteiger charge is 2.29. The zero-order valence-electron chi connectivity index (χ0n) is 15.0. The fraction of sp³-hybridized carbons (Fsp3) is 0.300. The van der Waals surface area contributed by atoms with Crippen molar-refractivity contribution in [1.82, 2.24) is 5.32 Å². The Morgan fingerprint density at radius 3 is 2.48 bits per heavy atom. The van der Waals surface area contributed by atoms with Gasteiger partial charge in [-0.15, -0.1) is 0 Å². The molecular weight excluding hydrogens is 479 g/mol. The van der Waals surface area contributed by atoms with Crippen LogP contribution in [-0.4, -0.2) is 18.9 Å². The van der Waals surface area contributed by atoms with E-state index in [2.05, 4.69) is 33.2 Å². The number of carbonyl (C=O) groups is 2. The number of rotatable bonds is 6. The second-order valence-corrected chi connectivity index (χ2v) is 8.12. The van der Waals surface area contributed by atoms with Gasteiger partial charge in [0.05, 0.1) is 23.7 Å². The molecule has 0 bridgehead atoms. The van der Waals surface area contributed by atoms with Crippen LogP contribution in [0.1, 0.15) is 41.7 Å². The average molecular weight is 499 g/mol. The normalized spacial score (nSPS) is 14.4. The largest absolute Gasteiger partial charge is 0.496 e. The topological polar surface area (TPSA) is 67.4 Å². The van der Waals surface area contributed by atoms with Gasteiger partial charge >= 0.3 is 0 Å². The lowest BCUT2D eigenvalue weighted by Crippen LogP contribution is -2.27. The number of nitrogens with one attached hydrogen (secondary N) is 2. The molecule has 2 aromatic rings. The maximum atomic E-state index is 12.7. The fourth-order valence-corrected chi connectivity index (χ4v) is 3.28. The number of anilines is 1. The van der Waals surface area contributed by atoms with Crippen LogP contribution < -0.4 is 15.4 Å². The van der Waals surface area contributed by atoms with E-state index in [1.807, 2.05) is 31.2 Å². The zero-order chi connectivity index (χ0) is 19.6. The maximum absolute atomic E-state index is 12.7. The molecule has 0 heterocycles. The van der Waals surface area contributed by atoms with Gasteiger partial charge in [-0.2, -0.15) is 0 Å². The minimum Gasteiger partial charge on any atom is -0.496 e. The lowest BCUT2D eigenvalue weighted by atomic mass is 10.1. The molecule has 1 unspecified atom stereocenters. The third-order valence-corrected chi connectivity index (χ3v) is 5.99. The molecule has 1 aliphatic rings. The van der Waals surface area contributed by atoms with Crippen LogP contribution >= 0.6 is 34.2 Å². The van der Waals surface area contributed by atoms with Crippen LogP contribution in [0.4, 0.5) is 5.69 Å². The number of halogens is 2. The summed E-state index contributed by atoms with van der Waals surface area (Å²) in [4.78, 5) is 24.5. The summed E-state index contributed by atoms with van der Waals surface area (Å²) >= 11 is 8.24. The van der Waals surface area contributed by atoms with Crippen molar-refractivity contribution in [1.29, 1.82) is 0 Å². The molecule has 1 fully saturated rings. The molecule has 0 spiro atoms. The molecule has 2 N–H and O–H groups in total. The Morgan fingerprint density at radius 2 is 1.89 bits per heavy atom. The highest BCUT2D eigenvalue weighted by Crippen LogP contribution is 2.31. The molecule has 142 valence electrons. The van der Waals surface area contributed by atoms with Crippen LogP contribution in [0.15, 0.2) is 36.4 Å². The van der Waals surface area contributed by atoms with Gasteiger partial charge in [-0.3, -0.25) is 9.59 Å². The van der Waals surface area contributed by atoms with Gasteiger partial charge in [-0.05, 0) is 72.2 Å². The molecule has 3 rings (SSSR count). The molecule has 2 aromatic carbocycles. The standard InChI is InChI=1S/C20H20ClIN2O3/c1-11(12-5-7-14(8-6-12)24-19(25)13-3-4-13)23-20(26)15-9-16(21)17(22)10-18(15)27-2/h5-11,13H,3-4H2,1-2H3,(H,23,26)(H,24,25). The second-order valence-electron chi connectivity index (χ2n) is 6.55. The van der Waals surface area contributed by atoms with Crippen molar-refractivity contribution in [3.63, 3.8) is 0 Å². The third-order valence-electron chi connectivity index (χ3n) is 4.46. The Hall–Kier alpha value is -1.80. The SMILES string of the molecule is COc1cc(I)c(Cl)cc1C(=O)NC(C)c1ccc(NC(=O)C2CC2)cc1. The number of carbonyl (C=O) groups excluding carboxylic acids is 2. The monoisotopic (exact) mass is 498 g/mol. The van der Waals surface area contributed by atoms with Gasteiger partial charge in [0, 0.05) is 15.2 Å². The summed E-state index contributed by atoms with van der Waals surface area (Å²) in [6.45, 7) is 1.90. The number of ether oxygens (including phenoxy) is 1. The molecule has 0 saturated heterocycles. The molecule has 0 radical (unpaired) electrons. The highest BCUT2D eigenvalue weighted by atomic mass is 127. The van der Waals surface area contributed by atoms with Gasteiger partial charge in [0.1, 0.15) is 5.75 Å². The molecule has 1 atom stereocenters. The maximum Gasteiger partial charge on any atom is 0.255 e. The van der Waals surface area contributed by atoms with Gasteiger partial charge in [0.2, 0.25) is 5.91 Å². The molecule has 1 saturated carbocycles. The van der Waals surface area contributed by atoms with Gasteiger partial charge in [-0.1, -0.05) is 23.7 Å². The molecule has 27 heavy (non-hydrogen) atoms. The first-order valence-electron chi connectivity index (χ1n) is 8.63. The number of hydrogen-bond donors (Lipinski definition) is 2. The summed E-state index contributed by atoms with van der Waals surface area (Å²) in [6.07, 6.45) is 1.94. The smallest absolute Gasteiger partial charge is 0.255 e. The Morgan fingerprint density at radius 1 is 1.22 bits per heavy atom. The number of benzene rings is 2. The summed E-state index contributed by atoms with van der Waals surface area (Å²) in [5.74, 6) is 0.459. The molecule has 2 amide bonds. The molecule has 0 aliphatic heterocycles. The lowest BCUT2D eigenvalue weighted by molar-refractivity contribution is -0.117. The Kier molecular flexibility index (Phi) is 6.26. The van der Waals surface area contributed by atoms with E-state index in [4.69, 9.17) is 16.3 Å². The van der Waals surface area contributed by atoms with E-state index >= 15 is 0 Å². The van der Waals surface area contributed by atoms with Crippen LogP contribution in [0.2, 0.25) is 5.02 Å². The van der Waals surface area contributed by atoms with Crippen LogP contribution in [-0.2, 0) is 4.79 Å². The molecule has 5 nitrogen and oxygen atoms in total. The predicted molar refractivity (Wildman–Crippen MR) is 114 cm³/mol. The summed E-state index contributed by atoms with van der Waals surface area (Å²) in [6, 6.07) is 10.6. The molecule has 7 heteroatoms. The Bertz CT molecular complexity index is 866. The summed E-state index contributed by atoms with van der Waals surface area (Å²) < 4.78 is 6.12. The second kappa shape index (κ2) is 8.48. The first kappa shape index (κ1) is 19.9. The van der Waals surface area contributed by atoms with Gasteiger partial charge in [-0.25, -0.2) is 0 Å². The summed E-state index contributed by atoms with van der Waals surface area (Å²) in [5.41, 5.74) is 2.09. The Balaban J connectivity index is 1.67. The lowest BCUT2D eigenvalue weighted by Gasteiger charge is -2.17. The zero-order valence-corrected chi connectivity index (χ0v) is 17.9. The fourth-order valence-electron chi connectivity index (χ4n) is 2.68. The summed E-state index contributed by atoms with van der Waals surface area (Å²) in [5, 5.41) is 6.36. The van der Waals surface area contributed by atoms with E-state index in [1.54, 1.807) is 12.1 Å². The van der Waals surface area contributed by atoms with Crippen LogP contribution in [0.5, 0.6) is 5.75 Å². The van der Waals surface area contributed by atoms with E-state index in [0.717, 1.165) is 27.7 Å². The van der Waals surface area contributed by atoms with Crippen molar-refractivity contribution in [2.24, 2.45) is 5.92 Å². The van der Waals surface area contributed by atoms with Crippen molar-refractivity contribution in [3.8, 4) is 5.75 Å². The van der Waals surface area contributed by atoms with Gasteiger partial charge in [0.15, 0.2) is 0 Å².